The first-order valence-corrected chi connectivity index (χ1v) is 10.8. The summed E-state index contributed by atoms with van der Waals surface area (Å²) in [5.74, 6) is 0.292. The van der Waals surface area contributed by atoms with E-state index in [1.165, 1.54) is 0 Å². The van der Waals surface area contributed by atoms with Crippen LogP contribution >= 0.6 is 15.9 Å². The van der Waals surface area contributed by atoms with Gasteiger partial charge in [0.1, 0.15) is 11.8 Å². The largest absolute Gasteiger partial charge is 0.484 e. The van der Waals surface area contributed by atoms with E-state index >= 15 is 0 Å². The zero-order valence-corrected chi connectivity index (χ0v) is 18.2. The molecule has 1 fully saturated rings. The van der Waals surface area contributed by atoms with Crippen molar-refractivity contribution in [2.45, 2.75) is 51.2 Å². The van der Waals surface area contributed by atoms with E-state index in [1.807, 2.05) is 42.5 Å². The van der Waals surface area contributed by atoms with E-state index < -0.39 is 6.04 Å². The maximum atomic E-state index is 13.0. The lowest BCUT2D eigenvalue weighted by atomic mass is 10.1. The van der Waals surface area contributed by atoms with Gasteiger partial charge < -0.3 is 15.0 Å². The van der Waals surface area contributed by atoms with Crippen LogP contribution in [0.4, 0.5) is 0 Å². The van der Waals surface area contributed by atoms with E-state index in [9.17, 15) is 9.59 Å². The second-order valence-corrected chi connectivity index (χ2v) is 8.33. The molecule has 154 valence electrons. The molecule has 0 radical (unpaired) electrons. The Kier molecular flexibility index (Phi) is 7.69. The maximum absolute atomic E-state index is 13.0. The van der Waals surface area contributed by atoms with Crippen molar-refractivity contribution in [3.63, 3.8) is 0 Å². The van der Waals surface area contributed by atoms with Crippen molar-refractivity contribution in [3.05, 3.63) is 64.6 Å². The lowest BCUT2D eigenvalue weighted by Gasteiger charge is -2.29. The van der Waals surface area contributed by atoms with Crippen LogP contribution in [0, 0.1) is 0 Å². The first-order valence-electron chi connectivity index (χ1n) is 10.0. The molecule has 0 bridgehead atoms. The number of amides is 2. The first kappa shape index (κ1) is 21.4. The highest BCUT2D eigenvalue weighted by Gasteiger charge is 2.28. The Morgan fingerprint density at radius 1 is 1.10 bits per heavy atom. The molecule has 0 spiro atoms. The minimum Gasteiger partial charge on any atom is -0.484 e. The highest BCUT2D eigenvalue weighted by Crippen LogP contribution is 2.19. The number of halogens is 1. The van der Waals surface area contributed by atoms with Crippen LogP contribution in [-0.2, 0) is 16.1 Å². The number of hydrogen-bond donors (Lipinski definition) is 1. The Hall–Kier alpha value is -2.34. The molecule has 2 aromatic carbocycles. The fourth-order valence-corrected chi connectivity index (χ4v) is 3.78. The van der Waals surface area contributed by atoms with Gasteiger partial charge in [0.15, 0.2) is 6.61 Å². The lowest BCUT2D eigenvalue weighted by Crippen LogP contribution is -2.50. The molecule has 2 amide bonds. The highest BCUT2D eigenvalue weighted by molar-refractivity contribution is 9.10. The Morgan fingerprint density at radius 2 is 1.76 bits per heavy atom. The Bertz CT molecular complexity index is 805. The van der Waals surface area contributed by atoms with Crippen LogP contribution < -0.4 is 10.1 Å². The van der Waals surface area contributed by atoms with E-state index in [2.05, 4.69) is 21.2 Å². The minimum atomic E-state index is -0.572. The number of nitrogens with one attached hydrogen (secondary N) is 1. The molecule has 1 N–H and O–H groups in total. The van der Waals surface area contributed by atoms with Crippen LogP contribution in [0.1, 0.15) is 38.2 Å². The van der Waals surface area contributed by atoms with Gasteiger partial charge >= 0.3 is 0 Å². The van der Waals surface area contributed by atoms with Crippen LogP contribution in [0.3, 0.4) is 0 Å². The SMILES string of the molecule is CC(C(=O)NC1CCCC1)N(Cc1ccccc1)C(=O)COc1ccc(Br)cc1. The Morgan fingerprint density at radius 3 is 2.41 bits per heavy atom. The van der Waals surface area contributed by atoms with Crippen molar-refractivity contribution in [1.29, 1.82) is 0 Å². The van der Waals surface area contributed by atoms with Gasteiger partial charge in [0, 0.05) is 17.1 Å². The van der Waals surface area contributed by atoms with E-state index in [0.717, 1.165) is 35.7 Å². The van der Waals surface area contributed by atoms with Crippen molar-refractivity contribution >= 4 is 27.7 Å². The molecule has 1 atom stereocenters. The number of carbonyl (C=O) groups is 2. The average molecular weight is 459 g/mol. The second-order valence-electron chi connectivity index (χ2n) is 7.42. The summed E-state index contributed by atoms with van der Waals surface area (Å²) in [5, 5.41) is 3.10. The zero-order valence-electron chi connectivity index (χ0n) is 16.6. The van der Waals surface area contributed by atoms with Gasteiger partial charge in [-0.25, -0.2) is 0 Å². The number of ether oxygens (including phenoxy) is 1. The number of rotatable bonds is 8. The number of hydrogen-bond acceptors (Lipinski definition) is 3. The van der Waals surface area contributed by atoms with E-state index in [4.69, 9.17) is 4.74 Å². The molecule has 5 nitrogen and oxygen atoms in total. The molecule has 1 aliphatic rings. The normalized spacial score (nSPS) is 15.0. The molecule has 1 saturated carbocycles. The topological polar surface area (TPSA) is 58.6 Å². The van der Waals surface area contributed by atoms with E-state index in [0.29, 0.717) is 12.3 Å². The van der Waals surface area contributed by atoms with Crippen molar-refractivity contribution in [1.82, 2.24) is 10.2 Å². The van der Waals surface area contributed by atoms with Crippen molar-refractivity contribution in [2.75, 3.05) is 6.61 Å². The molecule has 0 aliphatic heterocycles. The third-order valence-corrected chi connectivity index (χ3v) is 5.77. The van der Waals surface area contributed by atoms with Gasteiger partial charge in [-0.3, -0.25) is 9.59 Å². The summed E-state index contributed by atoms with van der Waals surface area (Å²) < 4.78 is 6.60. The summed E-state index contributed by atoms with van der Waals surface area (Å²) in [6.07, 6.45) is 4.32. The van der Waals surface area contributed by atoms with Gasteiger partial charge in [0.25, 0.3) is 5.91 Å². The monoisotopic (exact) mass is 458 g/mol. The lowest BCUT2D eigenvalue weighted by molar-refractivity contribution is -0.142. The molecule has 6 heteroatoms. The molecule has 0 saturated heterocycles. The van der Waals surface area contributed by atoms with E-state index in [1.54, 1.807) is 24.0 Å². The maximum Gasteiger partial charge on any atom is 0.261 e. The van der Waals surface area contributed by atoms with Gasteiger partial charge in [0.05, 0.1) is 0 Å². The molecular formula is C23H27BrN2O3. The molecule has 3 rings (SSSR count). The number of carbonyl (C=O) groups excluding carboxylic acids is 2. The van der Waals surface area contributed by atoms with Crippen LogP contribution in [-0.4, -0.2) is 35.4 Å². The Labute approximate surface area is 180 Å². The summed E-state index contributed by atoms with van der Waals surface area (Å²) in [6, 6.07) is 16.7. The molecule has 1 unspecified atom stereocenters. The zero-order chi connectivity index (χ0) is 20.6. The number of nitrogens with zero attached hydrogens (tertiary/aromatic N) is 1. The predicted octanol–water partition coefficient (Wildman–Crippen LogP) is 4.30. The Balaban J connectivity index is 1.67. The van der Waals surface area contributed by atoms with Gasteiger partial charge in [-0.1, -0.05) is 59.1 Å². The molecule has 0 heterocycles. The van der Waals surface area contributed by atoms with Crippen molar-refractivity contribution < 1.29 is 14.3 Å². The van der Waals surface area contributed by atoms with Crippen LogP contribution in [0.25, 0.3) is 0 Å². The minimum absolute atomic E-state index is 0.107. The molecule has 1 aliphatic carbocycles. The quantitative estimate of drug-likeness (QED) is 0.641. The average Bonchev–Trinajstić information content (AvgIpc) is 3.24. The third-order valence-electron chi connectivity index (χ3n) is 5.24. The van der Waals surface area contributed by atoms with Crippen LogP contribution in [0.15, 0.2) is 59.1 Å². The van der Waals surface area contributed by atoms with Crippen molar-refractivity contribution in [2.24, 2.45) is 0 Å². The first-order chi connectivity index (χ1) is 14.0. The summed E-state index contributed by atoms with van der Waals surface area (Å²) >= 11 is 3.38. The van der Waals surface area contributed by atoms with Gasteiger partial charge in [-0.15, -0.1) is 0 Å². The van der Waals surface area contributed by atoms with E-state index in [-0.39, 0.29) is 24.5 Å². The van der Waals surface area contributed by atoms with Gasteiger partial charge in [0.2, 0.25) is 5.91 Å². The molecule has 29 heavy (non-hydrogen) atoms. The standard InChI is InChI=1S/C23H27BrN2O3/c1-17(23(28)25-20-9-5-6-10-20)26(15-18-7-3-2-4-8-18)22(27)16-29-21-13-11-19(24)12-14-21/h2-4,7-8,11-14,17,20H,5-6,9-10,15-16H2,1H3,(H,25,28). The summed E-state index contributed by atoms with van der Waals surface area (Å²) in [4.78, 5) is 27.4. The molecule has 2 aromatic rings. The van der Waals surface area contributed by atoms with Crippen LogP contribution in [0.2, 0.25) is 0 Å². The smallest absolute Gasteiger partial charge is 0.261 e. The predicted molar refractivity (Wildman–Crippen MR) is 116 cm³/mol. The van der Waals surface area contributed by atoms with Gasteiger partial charge in [-0.05, 0) is 49.6 Å². The second kappa shape index (κ2) is 10.4. The third kappa shape index (κ3) is 6.32. The highest BCUT2D eigenvalue weighted by atomic mass is 79.9. The fraction of sp³-hybridized carbons (Fsp3) is 0.391. The molecular weight excluding hydrogens is 432 g/mol. The summed E-state index contributed by atoms with van der Waals surface area (Å²) in [5.41, 5.74) is 0.977. The fourth-order valence-electron chi connectivity index (χ4n) is 3.51. The summed E-state index contributed by atoms with van der Waals surface area (Å²) in [6.45, 7) is 2.03. The number of benzene rings is 2. The molecule has 0 aromatic heterocycles. The van der Waals surface area contributed by atoms with Crippen LogP contribution in [0.5, 0.6) is 5.75 Å². The summed E-state index contributed by atoms with van der Waals surface area (Å²) in [7, 11) is 0. The van der Waals surface area contributed by atoms with Gasteiger partial charge in [-0.2, -0.15) is 0 Å². The van der Waals surface area contributed by atoms with Crippen molar-refractivity contribution in [3.8, 4) is 5.75 Å².